The molecule has 0 atom stereocenters. The summed E-state index contributed by atoms with van der Waals surface area (Å²) in [4.78, 5) is 12.3. The predicted molar refractivity (Wildman–Crippen MR) is 54.7 cm³/mol. The van der Waals surface area contributed by atoms with Crippen molar-refractivity contribution in [2.45, 2.75) is 0 Å². The highest BCUT2D eigenvalue weighted by Crippen LogP contribution is 2.24. The van der Waals surface area contributed by atoms with E-state index in [4.69, 9.17) is 5.11 Å². The summed E-state index contributed by atoms with van der Waals surface area (Å²) in [6, 6.07) is 1.64. The zero-order chi connectivity index (χ0) is 11.7. The Balaban J connectivity index is 2.44. The van der Waals surface area contributed by atoms with Crippen LogP contribution in [0.25, 0.3) is 0 Å². The Morgan fingerprint density at radius 3 is 2.38 bits per heavy atom. The van der Waals surface area contributed by atoms with Crippen LogP contribution in [-0.2, 0) is 0 Å². The maximum absolute atomic E-state index is 13.4. The maximum atomic E-state index is 13.4. The number of anilines is 1. The molecule has 0 radical (unpaired) electrons. The van der Waals surface area contributed by atoms with Crippen LogP contribution in [0.2, 0.25) is 0 Å². The summed E-state index contributed by atoms with van der Waals surface area (Å²) < 4.78 is 26.6. The molecule has 0 amide bonds. The summed E-state index contributed by atoms with van der Waals surface area (Å²) in [6.07, 6.45) is 3.67. The van der Waals surface area contributed by atoms with Gasteiger partial charge in [0, 0.05) is 19.2 Å². The molecule has 1 aliphatic rings. The average Bonchev–Trinajstić information content (AvgIpc) is 2.70. The number of hydrogen-bond acceptors (Lipinski definition) is 2. The van der Waals surface area contributed by atoms with E-state index in [-0.39, 0.29) is 5.69 Å². The number of carboxylic acid groups (broad SMARTS) is 1. The Hall–Kier alpha value is -1.91. The number of aromatic carboxylic acids is 1. The van der Waals surface area contributed by atoms with Crippen LogP contribution in [0.15, 0.2) is 24.3 Å². The lowest BCUT2D eigenvalue weighted by atomic mass is 10.1. The number of halogens is 2. The Kier molecular flexibility index (Phi) is 2.60. The van der Waals surface area contributed by atoms with Crippen molar-refractivity contribution in [1.82, 2.24) is 0 Å². The Morgan fingerprint density at radius 2 is 1.81 bits per heavy atom. The second-order valence-corrected chi connectivity index (χ2v) is 3.47. The van der Waals surface area contributed by atoms with Gasteiger partial charge in [-0.25, -0.2) is 13.6 Å². The smallest absolute Gasteiger partial charge is 0.338 e. The van der Waals surface area contributed by atoms with Gasteiger partial charge in [-0.05, 0) is 6.07 Å². The molecule has 0 spiro atoms. The number of benzene rings is 1. The fourth-order valence-corrected chi connectivity index (χ4v) is 1.62. The van der Waals surface area contributed by atoms with Crippen molar-refractivity contribution in [2.24, 2.45) is 0 Å². The van der Waals surface area contributed by atoms with Crippen molar-refractivity contribution in [3.05, 3.63) is 41.5 Å². The highest BCUT2D eigenvalue weighted by molar-refractivity contribution is 5.89. The van der Waals surface area contributed by atoms with Crippen LogP contribution in [-0.4, -0.2) is 24.2 Å². The monoisotopic (exact) mass is 225 g/mol. The SMILES string of the molecule is O=C(O)c1cc(N2CC=CC2)c(F)cc1F. The first-order valence-electron chi connectivity index (χ1n) is 4.72. The van der Waals surface area contributed by atoms with Crippen LogP contribution >= 0.6 is 0 Å². The molecular formula is C11H9F2NO2. The molecule has 0 unspecified atom stereocenters. The van der Waals surface area contributed by atoms with E-state index in [1.54, 1.807) is 4.90 Å². The summed E-state index contributed by atoms with van der Waals surface area (Å²) >= 11 is 0. The molecule has 1 heterocycles. The lowest BCUT2D eigenvalue weighted by Gasteiger charge is -2.18. The Morgan fingerprint density at radius 1 is 1.19 bits per heavy atom. The molecule has 1 aromatic carbocycles. The summed E-state index contributed by atoms with van der Waals surface area (Å²) in [5.41, 5.74) is -0.396. The first kappa shape index (κ1) is 10.6. The highest BCUT2D eigenvalue weighted by Gasteiger charge is 2.19. The van der Waals surface area contributed by atoms with Crippen LogP contribution in [0.1, 0.15) is 10.4 Å². The minimum atomic E-state index is -1.40. The lowest BCUT2D eigenvalue weighted by Crippen LogP contribution is -2.20. The van der Waals surface area contributed by atoms with E-state index < -0.39 is 23.2 Å². The van der Waals surface area contributed by atoms with Gasteiger partial charge in [0.25, 0.3) is 0 Å². The van der Waals surface area contributed by atoms with Crippen molar-refractivity contribution in [3.8, 4) is 0 Å². The number of nitrogens with zero attached hydrogens (tertiary/aromatic N) is 1. The molecular weight excluding hydrogens is 216 g/mol. The van der Waals surface area contributed by atoms with Crippen molar-refractivity contribution in [3.63, 3.8) is 0 Å². The van der Waals surface area contributed by atoms with Gasteiger partial charge < -0.3 is 10.0 Å². The lowest BCUT2D eigenvalue weighted by molar-refractivity contribution is 0.0692. The van der Waals surface area contributed by atoms with Gasteiger partial charge in [-0.3, -0.25) is 0 Å². The minimum absolute atomic E-state index is 0.115. The Labute approximate surface area is 90.6 Å². The van der Waals surface area contributed by atoms with Crippen molar-refractivity contribution >= 4 is 11.7 Å². The van der Waals surface area contributed by atoms with Gasteiger partial charge in [0.05, 0.1) is 11.3 Å². The van der Waals surface area contributed by atoms with E-state index in [9.17, 15) is 13.6 Å². The molecule has 2 rings (SSSR count). The van der Waals surface area contributed by atoms with Gasteiger partial charge in [0.15, 0.2) is 0 Å². The molecule has 16 heavy (non-hydrogen) atoms. The zero-order valence-corrected chi connectivity index (χ0v) is 8.28. The highest BCUT2D eigenvalue weighted by atomic mass is 19.1. The number of rotatable bonds is 2. The molecule has 0 saturated carbocycles. The largest absolute Gasteiger partial charge is 0.478 e. The van der Waals surface area contributed by atoms with Crippen LogP contribution in [0, 0.1) is 11.6 Å². The molecule has 0 saturated heterocycles. The molecule has 0 fully saturated rings. The third-order valence-electron chi connectivity index (χ3n) is 2.43. The standard InChI is InChI=1S/C11H9F2NO2/c12-8-6-9(13)10(5-7(8)11(15)16)14-3-1-2-4-14/h1-2,5-6H,3-4H2,(H,15,16). The van der Waals surface area contributed by atoms with Crippen LogP contribution in [0.5, 0.6) is 0 Å². The van der Waals surface area contributed by atoms with E-state index in [1.807, 2.05) is 12.2 Å². The van der Waals surface area contributed by atoms with E-state index in [0.717, 1.165) is 6.07 Å². The molecule has 1 N–H and O–H groups in total. The summed E-state index contributed by atoms with van der Waals surface area (Å²) in [7, 11) is 0. The van der Waals surface area contributed by atoms with Gasteiger partial charge in [-0.15, -0.1) is 0 Å². The maximum Gasteiger partial charge on any atom is 0.338 e. The molecule has 3 nitrogen and oxygen atoms in total. The quantitative estimate of drug-likeness (QED) is 0.783. The predicted octanol–water partition coefficient (Wildman–Crippen LogP) is 2.04. The summed E-state index contributed by atoms with van der Waals surface area (Å²) in [5.74, 6) is -3.20. The van der Waals surface area contributed by atoms with E-state index in [0.29, 0.717) is 19.2 Å². The summed E-state index contributed by atoms with van der Waals surface area (Å²) in [6.45, 7) is 1.00. The third-order valence-corrected chi connectivity index (χ3v) is 2.43. The molecule has 5 heteroatoms. The van der Waals surface area contributed by atoms with Gasteiger partial charge in [0.1, 0.15) is 11.6 Å². The van der Waals surface area contributed by atoms with Gasteiger partial charge in [-0.2, -0.15) is 0 Å². The number of carboxylic acids is 1. The van der Waals surface area contributed by atoms with Gasteiger partial charge >= 0.3 is 5.97 Å². The fourth-order valence-electron chi connectivity index (χ4n) is 1.62. The van der Waals surface area contributed by atoms with E-state index in [2.05, 4.69) is 0 Å². The second-order valence-electron chi connectivity index (χ2n) is 3.47. The Bertz CT molecular complexity index is 463. The van der Waals surface area contributed by atoms with E-state index >= 15 is 0 Å². The van der Waals surface area contributed by atoms with Crippen LogP contribution in [0.4, 0.5) is 14.5 Å². The normalized spacial score (nSPS) is 14.5. The number of carbonyl (C=O) groups is 1. The second kappa shape index (κ2) is 3.92. The van der Waals surface area contributed by atoms with Crippen molar-refractivity contribution in [1.29, 1.82) is 0 Å². The first-order chi connectivity index (χ1) is 7.59. The minimum Gasteiger partial charge on any atom is -0.478 e. The first-order valence-corrected chi connectivity index (χ1v) is 4.72. The van der Waals surface area contributed by atoms with Crippen molar-refractivity contribution in [2.75, 3.05) is 18.0 Å². The molecule has 1 aliphatic heterocycles. The molecule has 1 aromatic rings. The van der Waals surface area contributed by atoms with Gasteiger partial charge in [0.2, 0.25) is 0 Å². The zero-order valence-electron chi connectivity index (χ0n) is 8.28. The van der Waals surface area contributed by atoms with Crippen molar-refractivity contribution < 1.29 is 18.7 Å². The number of hydrogen-bond donors (Lipinski definition) is 1. The van der Waals surface area contributed by atoms with Crippen LogP contribution in [0.3, 0.4) is 0 Å². The fraction of sp³-hybridized carbons (Fsp3) is 0.182. The molecule has 84 valence electrons. The molecule has 0 aromatic heterocycles. The van der Waals surface area contributed by atoms with E-state index in [1.165, 1.54) is 0 Å². The molecule has 0 aliphatic carbocycles. The third kappa shape index (κ3) is 1.76. The van der Waals surface area contributed by atoms with Gasteiger partial charge in [-0.1, -0.05) is 12.2 Å². The topological polar surface area (TPSA) is 40.5 Å². The average molecular weight is 225 g/mol. The molecule has 0 bridgehead atoms. The van der Waals surface area contributed by atoms with Crippen LogP contribution < -0.4 is 4.90 Å². The summed E-state index contributed by atoms with van der Waals surface area (Å²) in [5, 5.41) is 8.73.